The normalized spacial score (nSPS) is 11.7. The summed E-state index contributed by atoms with van der Waals surface area (Å²) in [5.74, 6) is -0.174. The average Bonchev–Trinajstić information content (AvgIpc) is 3.04. The SMILES string of the molecule is CCC(Sc1cccc(NC(=O)/C(=C\c2ccc(O)cc2OC)NC(=O)c2ccccc2)c1)C(=O)Nc1ccc(OC)cc1. The minimum atomic E-state index is -0.573. The molecule has 1 atom stereocenters. The van der Waals surface area contributed by atoms with Crippen molar-refractivity contribution in [2.75, 3.05) is 24.9 Å². The van der Waals surface area contributed by atoms with Gasteiger partial charge in [-0.2, -0.15) is 0 Å². The van der Waals surface area contributed by atoms with Crippen LogP contribution in [0.5, 0.6) is 17.2 Å². The Morgan fingerprint density at radius 3 is 2.27 bits per heavy atom. The molecule has 4 aromatic carbocycles. The van der Waals surface area contributed by atoms with E-state index in [0.29, 0.717) is 40.4 Å². The summed E-state index contributed by atoms with van der Waals surface area (Å²) in [6.07, 6.45) is 2.06. The lowest BCUT2D eigenvalue weighted by Crippen LogP contribution is -2.30. The van der Waals surface area contributed by atoms with Crippen LogP contribution in [0.2, 0.25) is 0 Å². The molecule has 3 amide bonds. The van der Waals surface area contributed by atoms with E-state index in [2.05, 4.69) is 16.0 Å². The van der Waals surface area contributed by atoms with Gasteiger partial charge in [-0.3, -0.25) is 14.4 Å². The molecule has 44 heavy (non-hydrogen) atoms. The van der Waals surface area contributed by atoms with E-state index in [1.807, 2.05) is 13.0 Å². The molecule has 9 nitrogen and oxygen atoms in total. The Balaban J connectivity index is 1.52. The molecular formula is C34H33N3O6S. The van der Waals surface area contributed by atoms with Crippen molar-refractivity contribution in [3.05, 3.63) is 114 Å². The van der Waals surface area contributed by atoms with E-state index < -0.39 is 11.8 Å². The number of carbonyl (C=O) groups is 3. The number of hydrogen-bond acceptors (Lipinski definition) is 7. The van der Waals surface area contributed by atoms with Crippen LogP contribution in [-0.4, -0.2) is 42.3 Å². The van der Waals surface area contributed by atoms with Gasteiger partial charge in [-0.15, -0.1) is 11.8 Å². The highest BCUT2D eigenvalue weighted by molar-refractivity contribution is 8.00. The van der Waals surface area contributed by atoms with E-state index in [1.165, 1.54) is 37.1 Å². The highest BCUT2D eigenvalue weighted by Gasteiger charge is 2.20. The van der Waals surface area contributed by atoms with Crippen LogP contribution in [0.1, 0.15) is 29.3 Å². The third-order valence-electron chi connectivity index (χ3n) is 6.44. The largest absolute Gasteiger partial charge is 0.508 e. The van der Waals surface area contributed by atoms with Crippen molar-refractivity contribution in [3.63, 3.8) is 0 Å². The molecule has 1 unspecified atom stereocenters. The van der Waals surface area contributed by atoms with Gasteiger partial charge in [-0.1, -0.05) is 31.2 Å². The van der Waals surface area contributed by atoms with Gasteiger partial charge >= 0.3 is 0 Å². The molecule has 0 radical (unpaired) electrons. The number of anilines is 2. The molecule has 0 aliphatic heterocycles. The standard InChI is InChI=1S/C34H33N3O6S/c1-4-31(34(41)35-24-14-17-27(42-2)18-15-24)44-28-12-8-11-25(20-28)36-33(40)29(37-32(39)22-9-6-5-7-10-22)19-23-13-16-26(38)21-30(23)43-3/h5-21,31,38H,4H2,1-3H3,(H,35,41)(H,36,40)(H,37,39)/b29-19+. The third kappa shape index (κ3) is 8.65. The van der Waals surface area contributed by atoms with Crippen molar-refractivity contribution < 1.29 is 29.0 Å². The molecular weight excluding hydrogens is 578 g/mol. The summed E-state index contributed by atoms with van der Waals surface area (Å²) in [7, 11) is 3.02. The zero-order valence-corrected chi connectivity index (χ0v) is 25.3. The number of hydrogen-bond donors (Lipinski definition) is 4. The van der Waals surface area contributed by atoms with E-state index in [0.717, 1.165) is 4.90 Å². The van der Waals surface area contributed by atoms with Crippen LogP contribution >= 0.6 is 11.8 Å². The van der Waals surface area contributed by atoms with Crippen molar-refractivity contribution in [3.8, 4) is 17.2 Å². The minimum Gasteiger partial charge on any atom is -0.508 e. The molecule has 0 saturated carbocycles. The highest BCUT2D eigenvalue weighted by atomic mass is 32.2. The topological polar surface area (TPSA) is 126 Å². The maximum absolute atomic E-state index is 13.5. The Kier molecular flexibility index (Phi) is 11.0. The Hall–Kier alpha value is -5.22. The first-order chi connectivity index (χ1) is 21.3. The zero-order chi connectivity index (χ0) is 31.5. The van der Waals surface area contributed by atoms with Gasteiger partial charge in [0.15, 0.2) is 0 Å². The van der Waals surface area contributed by atoms with Crippen LogP contribution in [0, 0.1) is 0 Å². The summed E-state index contributed by atoms with van der Waals surface area (Å²) in [6.45, 7) is 1.93. The van der Waals surface area contributed by atoms with Crippen LogP contribution < -0.4 is 25.4 Å². The predicted molar refractivity (Wildman–Crippen MR) is 173 cm³/mol. The fourth-order valence-electron chi connectivity index (χ4n) is 4.15. The highest BCUT2D eigenvalue weighted by Crippen LogP contribution is 2.30. The van der Waals surface area contributed by atoms with Crippen molar-refractivity contribution >= 4 is 46.9 Å². The molecule has 4 rings (SSSR count). The van der Waals surface area contributed by atoms with Crippen LogP contribution in [0.25, 0.3) is 6.08 Å². The smallest absolute Gasteiger partial charge is 0.272 e. The summed E-state index contributed by atoms with van der Waals surface area (Å²) < 4.78 is 10.5. The molecule has 0 aromatic heterocycles. The van der Waals surface area contributed by atoms with Crippen molar-refractivity contribution in [2.45, 2.75) is 23.5 Å². The Morgan fingerprint density at radius 2 is 1.59 bits per heavy atom. The first-order valence-corrected chi connectivity index (χ1v) is 14.7. The number of benzene rings is 4. The van der Waals surface area contributed by atoms with Gasteiger partial charge in [-0.05, 0) is 79.2 Å². The number of nitrogens with one attached hydrogen (secondary N) is 3. The van der Waals surface area contributed by atoms with Crippen LogP contribution in [0.3, 0.4) is 0 Å². The number of carbonyl (C=O) groups excluding carboxylic acids is 3. The van der Waals surface area contributed by atoms with E-state index >= 15 is 0 Å². The summed E-state index contributed by atoms with van der Waals surface area (Å²) in [5, 5.41) is 17.9. The van der Waals surface area contributed by atoms with Crippen molar-refractivity contribution in [2.24, 2.45) is 0 Å². The molecule has 10 heteroatoms. The summed E-state index contributed by atoms with van der Waals surface area (Å²) in [4.78, 5) is 40.3. The van der Waals surface area contributed by atoms with Crippen LogP contribution in [0.4, 0.5) is 11.4 Å². The van der Waals surface area contributed by atoms with E-state index in [1.54, 1.807) is 86.0 Å². The van der Waals surface area contributed by atoms with E-state index in [-0.39, 0.29) is 22.6 Å². The number of amides is 3. The number of phenolic OH excluding ortho intramolecular Hbond substituents is 1. The predicted octanol–water partition coefficient (Wildman–Crippen LogP) is 6.33. The lowest BCUT2D eigenvalue weighted by Gasteiger charge is -2.16. The van der Waals surface area contributed by atoms with Gasteiger partial charge in [0.2, 0.25) is 5.91 Å². The molecule has 226 valence electrons. The van der Waals surface area contributed by atoms with Gasteiger partial charge in [-0.25, -0.2) is 0 Å². The second-order valence-electron chi connectivity index (χ2n) is 9.52. The third-order valence-corrected chi connectivity index (χ3v) is 7.79. The number of methoxy groups -OCH3 is 2. The van der Waals surface area contributed by atoms with Gasteiger partial charge in [0.25, 0.3) is 11.8 Å². The molecule has 4 aromatic rings. The maximum atomic E-state index is 13.5. The van der Waals surface area contributed by atoms with Crippen molar-refractivity contribution in [1.82, 2.24) is 5.32 Å². The fourth-order valence-corrected chi connectivity index (χ4v) is 5.16. The molecule has 0 saturated heterocycles. The maximum Gasteiger partial charge on any atom is 0.272 e. The summed E-state index contributed by atoms with van der Waals surface area (Å²) in [5.41, 5.74) is 1.95. The summed E-state index contributed by atoms with van der Waals surface area (Å²) in [6, 6.07) is 27.2. The zero-order valence-electron chi connectivity index (χ0n) is 24.5. The molecule has 0 aliphatic rings. The van der Waals surface area contributed by atoms with Gasteiger partial charge in [0, 0.05) is 33.5 Å². The minimum absolute atomic E-state index is 0.00398. The Labute approximate surface area is 260 Å². The lowest BCUT2D eigenvalue weighted by atomic mass is 10.1. The molecule has 0 fully saturated rings. The molecule has 0 bridgehead atoms. The monoisotopic (exact) mass is 611 g/mol. The van der Waals surface area contributed by atoms with Crippen LogP contribution in [-0.2, 0) is 9.59 Å². The fraction of sp³-hybridized carbons (Fsp3) is 0.147. The Bertz CT molecular complexity index is 1640. The average molecular weight is 612 g/mol. The molecule has 0 spiro atoms. The molecule has 4 N–H and O–H groups in total. The van der Waals surface area contributed by atoms with Gasteiger partial charge < -0.3 is 30.5 Å². The van der Waals surface area contributed by atoms with Gasteiger partial charge in [0.1, 0.15) is 22.9 Å². The van der Waals surface area contributed by atoms with Gasteiger partial charge in [0.05, 0.1) is 19.5 Å². The second kappa shape index (κ2) is 15.3. The van der Waals surface area contributed by atoms with E-state index in [4.69, 9.17) is 9.47 Å². The number of phenols is 1. The Morgan fingerprint density at radius 1 is 0.841 bits per heavy atom. The number of thioether (sulfide) groups is 1. The van der Waals surface area contributed by atoms with Crippen LogP contribution in [0.15, 0.2) is 108 Å². The summed E-state index contributed by atoms with van der Waals surface area (Å²) >= 11 is 1.38. The first-order valence-electron chi connectivity index (χ1n) is 13.8. The van der Waals surface area contributed by atoms with E-state index in [9.17, 15) is 19.5 Å². The number of ether oxygens (including phenoxy) is 2. The quantitative estimate of drug-likeness (QED) is 0.109. The number of aromatic hydroxyl groups is 1. The molecule has 0 heterocycles. The van der Waals surface area contributed by atoms with Crippen molar-refractivity contribution in [1.29, 1.82) is 0 Å². The lowest BCUT2D eigenvalue weighted by molar-refractivity contribution is -0.116. The second-order valence-corrected chi connectivity index (χ2v) is 10.8. The molecule has 0 aliphatic carbocycles. The number of rotatable bonds is 12. The first kappa shape index (κ1) is 31.7.